The number of nitrogens with one attached hydrogen (secondary N) is 1. The molecule has 0 spiro atoms. The van der Waals surface area contributed by atoms with Gasteiger partial charge < -0.3 is 4.90 Å². The standard InChI is InChI=1S/C20H22N4O2/c1-23(2)13-7-11-21-14-17-15-8-3-4-9-16(15)19(25)24(20(17)26)18-10-5-6-12-22-18/h3-6,8-10,12,14,17H,7,11,13H2,1-2H3/p+1. The lowest BCUT2D eigenvalue weighted by Gasteiger charge is -2.30. The molecule has 1 N–H and O–H groups in total. The number of imide groups is 1. The van der Waals surface area contributed by atoms with Gasteiger partial charge in [-0.05, 0) is 23.8 Å². The molecule has 1 aromatic carbocycles. The number of amides is 2. The highest BCUT2D eigenvalue weighted by Crippen LogP contribution is 2.30. The maximum absolute atomic E-state index is 13.0. The van der Waals surface area contributed by atoms with Crippen LogP contribution in [-0.2, 0) is 4.79 Å². The molecule has 0 radical (unpaired) electrons. The van der Waals surface area contributed by atoms with Crippen LogP contribution >= 0.6 is 0 Å². The summed E-state index contributed by atoms with van der Waals surface area (Å²) in [5.41, 5.74) is 1.23. The third-order valence-corrected chi connectivity index (χ3v) is 4.31. The number of quaternary nitrogens is 1. The van der Waals surface area contributed by atoms with Gasteiger partial charge in [-0.25, -0.2) is 9.88 Å². The number of hydrogen-bond acceptors (Lipinski definition) is 4. The molecule has 6 nitrogen and oxygen atoms in total. The van der Waals surface area contributed by atoms with E-state index in [0.717, 1.165) is 17.9 Å². The van der Waals surface area contributed by atoms with Gasteiger partial charge in [0.15, 0.2) is 0 Å². The van der Waals surface area contributed by atoms with Crippen LogP contribution in [0.2, 0.25) is 0 Å². The zero-order chi connectivity index (χ0) is 18.5. The fourth-order valence-electron chi connectivity index (χ4n) is 3.01. The second-order valence-electron chi connectivity index (χ2n) is 6.60. The van der Waals surface area contributed by atoms with Crippen LogP contribution in [0.3, 0.4) is 0 Å². The molecule has 0 fully saturated rings. The van der Waals surface area contributed by atoms with Crippen LogP contribution in [0.4, 0.5) is 5.82 Å². The summed E-state index contributed by atoms with van der Waals surface area (Å²) in [6, 6.07) is 12.4. The Hall–Kier alpha value is -2.86. The molecule has 2 amide bonds. The van der Waals surface area contributed by atoms with Crippen LogP contribution in [-0.4, -0.2) is 50.2 Å². The number of nitrogens with zero attached hydrogens (tertiary/aromatic N) is 3. The highest BCUT2D eigenvalue weighted by Gasteiger charge is 2.39. The summed E-state index contributed by atoms with van der Waals surface area (Å²) in [7, 11) is 4.20. The Kier molecular flexibility index (Phi) is 5.53. The SMILES string of the molecule is C[NH+](C)CCCN=CC1C(=O)N(c2ccccn2)C(=O)c2ccccc21. The first kappa shape index (κ1) is 17.9. The molecule has 1 aliphatic rings. The molecule has 6 heteroatoms. The first-order valence-electron chi connectivity index (χ1n) is 8.77. The van der Waals surface area contributed by atoms with E-state index in [1.165, 1.54) is 4.90 Å². The van der Waals surface area contributed by atoms with Gasteiger partial charge in [0.1, 0.15) is 5.82 Å². The van der Waals surface area contributed by atoms with Gasteiger partial charge in [0, 0.05) is 30.9 Å². The van der Waals surface area contributed by atoms with Crippen LogP contribution in [0.25, 0.3) is 0 Å². The zero-order valence-electron chi connectivity index (χ0n) is 15.1. The topological polar surface area (TPSA) is 67.1 Å². The lowest BCUT2D eigenvalue weighted by atomic mass is 9.89. The second kappa shape index (κ2) is 8.01. The van der Waals surface area contributed by atoms with E-state index in [1.54, 1.807) is 42.7 Å². The van der Waals surface area contributed by atoms with Crippen molar-refractivity contribution in [3.63, 3.8) is 0 Å². The number of aliphatic imine (C=N–C) groups is 1. The number of rotatable bonds is 6. The van der Waals surface area contributed by atoms with E-state index in [9.17, 15) is 9.59 Å². The van der Waals surface area contributed by atoms with Gasteiger partial charge in [0.2, 0.25) is 5.91 Å². The summed E-state index contributed by atoms with van der Waals surface area (Å²) in [6.07, 6.45) is 4.20. The normalized spacial score (nSPS) is 17.2. The van der Waals surface area contributed by atoms with Crippen molar-refractivity contribution in [3.05, 3.63) is 59.8 Å². The van der Waals surface area contributed by atoms with E-state index in [2.05, 4.69) is 24.1 Å². The summed E-state index contributed by atoms with van der Waals surface area (Å²) in [5, 5.41) is 0. The van der Waals surface area contributed by atoms with E-state index in [4.69, 9.17) is 0 Å². The molecule has 1 aromatic heterocycles. The molecule has 0 saturated heterocycles. The molecule has 2 heterocycles. The molecule has 1 atom stereocenters. The molecule has 0 bridgehead atoms. The number of pyridine rings is 1. The van der Waals surface area contributed by atoms with Crippen LogP contribution in [0, 0.1) is 0 Å². The quantitative estimate of drug-likeness (QED) is 0.479. The Morgan fingerprint density at radius 1 is 1.15 bits per heavy atom. The van der Waals surface area contributed by atoms with E-state index in [1.807, 2.05) is 12.1 Å². The second-order valence-corrected chi connectivity index (χ2v) is 6.60. The molecule has 134 valence electrons. The van der Waals surface area contributed by atoms with Gasteiger partial charge >= 0.3 is 0 Å². The fourth-order valence-corrected chi connectivity index (χ4v) is 3.01. The van der Waals surface area contributed by atoms with Crippen LogP contribution in [0.15, 0.2) is 53.7 Å². The van der Waals surface area contributed by atoms with Crippen molar-refractivity contribution in [2.24, 2.45) is 4.99 Å². The van der Waals surface area contributed by atoms with Crippen molar-refractivity contribution < 1.29 is 14.5 Å². The number of carbonyl (C=O) groups is 2. The van der Waals surface area contributed by atoms with E-state index in [-0.39, 0.29) is 11.8 Å². The first-order chi connectivity index (χ1) is 12.6. The van der Waals surface area contributed by atoms with Gasteiger partial charge in [0.25, 0.3) is 5.91 Å². The Balaban J connectivity index is 1.90. The minimum Gasteiger partial charge on any atom is -0.340 e. The summed E-state index contributed by atoms with van der Waals surface area (Å²) in [4.78, 5) is 37.0. The maximum atomic E-state index is 13.0. The smallest absolute Gasteiger partial charge is 0.266 e. The highest BCUT2D eigenvalue weighted by atomic mass is 16.2. The van der Waals surface area contributed by atoms with Crippen LogP contribution < -0.4 is 9.80 Å². The third-order valence-electron chi connectivity index (χ3n) is 4.31. The number of anilines is 1. The van der Waals surface area contributed by atoms with E-state index in [0.29, 0.717) is 23.5 Å². The molecular weight excluding hydrogens is 328 g/mol. The summed E-state index contributed by atoms with van der Waals surface area (Å²) < 4.78 is 0. The number of carbonyl (C=O) groups excluding carboxylic acids is 2. The highest BCUT2D eigenvalue weighted by molar-refractivity contribution is 6.28. The van der Waals surface area contributed by atoms with E-state index >= 15 is 0 Å². The number of fused-ring (bicyclic) bond motifs is 1. The summed E-state index contributed by atoms with van der Waals surface area (Å²) >= 11 is 0. The predicted molar refractivity (Wildman–Crippen MR) is 101 cm³/mol. The zero-order valence-corrected chi connectivity index (χ0v) is 15.1. The minimum absolute atomic E-state index is 0.311. The molecule has 0 aliphatic carbocycles. The van der Waals surface area contributed by atoms with Crippen molar-refractivity contribution in [3.8, 4) is 0 Å². The lowest BCUT2D eigenvalue weighted by Crippen LogP contribution is -3.05. The van der Waals surface area contributed by atoms with Crippen molar-refractivity contribution in [2.45, 2.75) is 12.3 Å². The van der Waals surface area contributed by atoms with Gasteiger partial charge in [-0.3, -0.25) is 14.6 Å². The average molecular weight is 351 g/mol. The van der Waals surface area contributed by atoms with Crippen molar-refractivity contribution in [1.29, 1.82) is 0 Å². The van der Waals surface area contributed by atoms with Crippen molar-refractivity contribution in [2.75, 3.05) is 32.1 Å². The number of benzene rings is 1. The third kappa shape index (κ3) is 3.70. The Bertz CT molecular complexity index is 818. The van der Waals surface area contributed by atoms with Crippen LogP contribution in [0.5, 0.6) is 0 Å². The monoisotopic (exact) mass is 351 g/mol. The van der Waals surface area contributed by atoms with Crippen LogP contribution in [0.1, 0.15) is 28.3 Å². The average Bonchev–Trinajstić information content (AvgIpc) is 2.64. The van der Waals surface area contributed by atoms with Gasteiger partial charge in [-0.1, -0.05) is 24.3 Å². The molecule has 3 rings (SSSR count). The van der Waals surface area contributed by atoms with Crippen molar-refractivity contribution >= 4 is 23.8 Å². The Morgan fingerprint density at radius 2 is 1.92 bits per heavy atom. The molecular formula is C20H23N4O2+. The maximum Gasteiger partial charge on any atom is 0.266 e. The van der Waals surface area contributed by atoms with E-state index < -0.39 is 5.92 Å². The first-order valence-corrected chi connectivity index (χ1v) is 8.77. The Labute approximate surface area is 153 Å². The summed E-state index contributed by atoms with van der Waals surface area (Å²) in [6.45, 7) is 1.68. The predicted octanol–water partition coefficient (Wildman–Crippen LogP) is 0.958. The number of hydrogen-bond donors (Lipinski definition) is 1. The fraction of sp³-hybridized carbons (Fsp3) is 0.300. The number of aromatic nitrogens is 1. The van der Waals surface area contributed by atoms with Gasteiger partial charge in [-0.15, -0.1) is 0 Å². The molecule has 1 unspecified atom stereocenters. The Morgan fingerprint density at radius 3 is 2.65 bits per heavy atom. The summed E-state index contributed by atoms with van der Waals surface area (Å²) in [5.74, 6) is -0.885. The molecule has 26 heavy (non-hydrogen) atoms. The van der Waals surface area contributed by atoms with Gasteiger partial charge in [-0.2, -0.15) is 0 Å². The minimum atomic E-state index is -0.572. The molecule has 1 aliphatic heterocycles. The lowest BCUT2D eigenvalue weighted by molar-refractivity contribution is -0.858. The largest absolute Gasteiger partial charge is 0.340 e. The molecule has 0 saturated carbocycles. The van der Waals surface area contributed by atoms with Gasteiger partial charge in [0.05, 0.1) is 26.6 Å². The van der Waals surface area contributed by atoms with Crippen molar-refractivity contribution in [1.82, 2.24) is 4.98 Å². The molecule has 2 aromatic rings.